The minimum Gasteiger partial charge on any atom is -0.490 e. The molecule has 1 unspecified atom stereocenters. The van der Waals surface area contributed by atoms with Crippen LogP contribution in [0.3, 0.4) is 0 Å². The van der Waals surface area contributed by atoms with Crippen molar-refractivity contribution in [2.24, 2.45) is 0 Å². The van der Waals surface area contributed by atoms with Crippen LogP contribution in [0.25, 0.3) is 16.6 Å². The Morgan fingerprint density at radius 1 is 1.37 bits per heavy atom. The van der Waals surface area contributed by atoms with Gasteiger partial charge in [-0.05, 0) is 37.0 Å². The number of ether oxygens (including phenoxy) is 1. The van der Waals surface area contributed by atoms with E-state index in [0.717, 1.165) is 5.39 Å². The number of rotatable bonds is 6. The van der Waals surface area contributed by atoms with Crippen molar-refractivity contribution in [3.63, 3.8) is 0 Å². The predicted molar refractivity (Wildman–Crippen MR) is 99.1 cm³/mol. The van der Waals surface area contributed by atoms with Gasteiger partial charge in [0.05, 0.1) is 12.6 Å². The van der Waals surface area contributed by atoms with Crippen molar-refractivity contribution < 1.29 is 14.1 Å². The Labute approximate surface area is 153 Å². The van der Waals surface area contributed by atoms with Crippen LogP contribution in [-0.2, 0) is 0 Å². The predicted octanol–water partition coefficient (Wildman–Crippen LogP) is 3.96. The summed E-state index contributed by atoms with van der Waals surface area (Å²) in [4.78, 5) is 14.5. The number of imidazole rings is 1. The van der Waals surface area contributed by atoms with E-state index >= 15 is 0 Å². The molecule has 0 bridgehead atoms. The molecule has 9 nitrogen and oxygen atoms in total. The molecule has 0 saturated heterocycles. The van der Waals surface area contributed by atoms with Gasteiger partial charge in [-0.3, -0.25) is 0 Å². The van der Waals surface area contributed by atoms with E-state index < -0.39 is 4.92 Å². The van der Waals surface area contributed by atoms with Crippen LogP contribution in [0.5, 0.6) is 5.75 Å². The van der Waals surface area contributed by atoms with Crippen LogP contribution >= 0.6 is 0 Å². The van der Waals surface area contributed by atoms with Gasteiger partial charge in [0.1, 0.15) is 12.0 Å². The molecule has 0 fully saturated rings. The first-order valence-corrected chi connectivity index (χ1v) is 8.47. The number of fused-ring (bicyclic) bond motifs is 2. The minimum atomic E-state index is -0.519. The first kappa shape index (κ1) is 16.8. The summed E-state index contributed by atoms with van der Waals surface area (Å²) < 4.78 is 12.8. The van der Waals surface area contributed by atoms with Crippen molar-refractivity contribution in [1.82, 2.24) is 14.6 Å². The molecule has 4 rings (SSSR count). The van der Waals surface area contributed by atoms with E-state index in [1.165, 1.54) is 10.7 Å². The van der Waals surface area contributed by atoms with Crippen LogP contribution in [0.2, 0.25) is 0 Å². The average Bonchev–Trinajstić information content (AvgIpc) is 3.26. The number of nitrogens with one attached hydrogen (secondary N) is 1. The number of para-hydroxylation sites is 1. The van der Waals surface area contributed by atoms with Gasteiger partial charge >= 0.3 is 5.82 Å². The third-order valence-corrected chi connectivity index (χ3v) is 4.15. The fourth-order valence-electron chi connectivity index (χ4n) is 2.89. The van der Waals surface area contributed by atoms with Crippen molar-refractivity contribution in [2.75, 3.05) is 11.9 Å². The lowest BCUT2D eigenvalue weighted by molar-refractivity contribution is -0.391. The van der Waals surface area contributed by atoms with Gasteiger partial charge in [-0.2, -0.15) is 0 Å². The molecule has 9 heteroatoms. The zero-order chi connectivity index (χ0) is 19.0. The standard InChI is InChI=1S/C18H17N5O4/c1-3-26-13-6-4-5-12-9-14(27-18(12)13)11(2)20-15-7-8-16-19-10-17(23(24)25)22(16)21-15/h4-11H,3H2,1-2H3,(H,20,21). The Morgan fingerprint density at radius 2 is 2.22 bits per heavy atom. The maximum absolute atomic E-state index is 11.1. The Kier molecular flexibility index (Phi) is 4.11. The second-order valence-electron chi connectivity index (χ2n) is 5.98. The van der Waals surface area contributed by atoms with Crippen LogP contribution in [0.1, 0.15) is 25.6 Å². The van der Waals surface area contributed by atoms with Gasteiger partial charge in [0, 0.05) is 11.5 Å². The van der Waals surface area contributed by atoms with Crippen molar-refractivity contribution in [3.8, 4) is 5.75 Å². The van der Waals surface area contributed by atoms with Gasteiger partial charge in [0.15, 0.2) is 17.2 Å². The molecule has 138 valence electrons. The largest absolute Gasteiger partial charge is 0.490 e. The van der Waals surface area contributed by atoms with E-state index in [1.807, 2.05) is 38.1 Å². The Hall–Kier alpha value is -3.62. The smallest absolute Gasteiger partial charge is 0.368 e. The van der Waals surface area contributed by atoms with E-state index in [9.17, 15) is 10.1 Å². The highest BCUT2D eigenvalue weighted by molar-refractivity contribution is 5.83. The molecule has 4 aromatic rings. The monoisotopic (exact) mass is 367 g/mol. The van der Waals surface area contributed by atoms with Gasteiger partial charge in [-0.25, -0.2) is 4.98 Å². The van der Waals surface area contributed by atoms with Crippen molar-refractivity contribution in [2.45, 2.75) is 19.9 Å². The van der Waals surface area contributed by atoms with Gasteiger partial charge in [-0.15, -0.1) is 0 Å². The van der Waals surface area contributed by atoms with Crippen LogP contribution in [-0.4, -0.2) is 26.1 Å². The number of benzene rings is 1. The van der Waals surface area contributed by atoms with E-state index in [-0.39, 0.29) is 11.9 Å². The Balaban J connectivity index is 1.64. The fraction of sp³-hybridized carbons (Fsp3) is 0.222. The lowest BCUT2D eigenvalue weighted by Gasteiger charge is -2.10. The van der Waals surface area contributed by atoms with Crippen LogP contribution in [0.4, 0.5) is 11.6 Å². The SMILES string of the molecule is CCOc1cccc2cc(C(C)Nc3ccc4ncc([N+](=O)[O-])n4n3)oc12. The topological polar surface area (TPSA) is 108 Å². The molecule has 0 amide bonds. The van der Waals surface area contributed by atoms with E-state index in [4.69, 9.17) is 9.15 Å². The Bertz CT molecular complexity index is 1130. The zero-order valence-corrected chi connectivity index (χ0v) is 14.7. The van der Waals surface area contributed by atoms with Crippen molar-refractivity contribution in [1.29, 1.82) is 0 Å². The molecule has 3 heterocycles. The average molecular weight is 367 g/mol. The minimum absolute atomic E-state index is 0.189. The number of nitro groups is 1. The van der Waals surface area contributed by atoms with Gasteiger partial charge in [0.2, 0.25) is 5.65 Å². The maximum Gasteiger partial charge on any atom is 0.368 e. The van der Waals surface area contributed by atoms with Gasteiger partial charge in [-0.1, -0.05) is 21.7 Å². The molecule has 0 radical (unpaired) electrons. The normalized spacial score (nSPS) is 12.4. The molecule has 27 heavy (non-hydrogen) atoms. The number of hydrogen-bond acceptors (Lipinski definition) is 7. The lowest BCUT2D eigenvalue weighted by Crippen LogP contribution is -2.09. The van der Waals surface area contributed by atoms with Crippen molar-refractivity contribution in [3.05, 3.63) is 58.5 Å². The van der Waals surface area contributed by atoms with Crippen LogP contribution < -0.4 is 10.1 Å². The summed E-state index contributed by atoms with van der Waals surface area (Å²) in [6, 6.07) is 10.9. The third kappa shape index (κ3) is 3.03. The molecule has 0 aliphatic carbocycles. The molecule has 1 atom stereocenters. The second-order valence-corrected chi connectivity index (χ2v) is 5.98. The summed E-state index contributed by atoms with van der Waals surface area (Å²) in [6.07, 6.45) is 1.18. The van der Waals surface area contributed by atoms with E-state index in [2.05, 4.69) is 15.4 Å². The molecule has 0 saturated carbocycles. The molecule has 1 N–H and O–H groups in total. The number of aromatic nitrogens is 3. The molecule has 3 aromatic heterocycles. The van der Waals surface area contributed by atoms with E-state index in [0.29, 0.717) is 35.2 Å². The first-order chi connectivity index (χ1) is 13.1. The maximum atomic E-state index is 11.1. The molecular formula is C18H17N5O4. The zero-order valence-electron chi connectivity index (χ0n) is 14.7. The van der Waals surface area contributed by atoms with Crippen LogP contribution in [0, 0.1) is 10.1 Å². The first-order valence-electron chi connectivity index (χ1n) is 8.47. The lowest BCUT2D eigenvalue weighted by atomic mass is 10.2. The molecular weight excluding hydrogens is 350 g/mol. The number of furan rings is 1. The molecule has 0 spiro atoms. The highest BCUT2D eigenvalue weighted by atomic mass is 16.6. The summed E-state index contributed by atoms with van der Waals surface area (Å²) >= 11 is 0. The molecule has 0 aliphatic rings. The molecule has 0 aliphatic heterocycles. The van der Waals surface area contributed by atoms with E-state index in [1.54, 1.807) is 12.1 Å². The summed E-state index contributed by atoms with van der Waals surface area (Å²) in [6.45, 7) is 4.40. The van der Waals surface area contributed by atoms with Gasteiger partial charge in [0.25, 0.3) is 0 Å². The summed E-state index contributed by atoms with van der Waals surface area (Å²) in [7, 11) is 0. The summed E-state index contributed by atoms with van der Waals surface area (Å²) in [5.74, 6) is 1.69. The number of hydrogen-bond donors (Lipinski definition) is 1. The number of anilines is 1. The summed E-state index contributed by atoms with van der Waals surface area (Å²) in [5, 5.41) is 19.5. The Morgan fingerprint density at radius 3 is 3.00 bits per heavy atom. The highest BCUT2D eigenvalue weighted by Crippen LogP contribution is 2.32. The third-order valence-electron chi connectivity index (χ3n) is 4.15. The van der Waals surface area contributed by atoms with Crippen molar-refractivity contribution >= 4 is 28.3 Å². The van der Waals surface area contributed by atoms with Gasteiger partial charge < -0.3 is 24.6 Å². The molecule has 1 aromatic carbocycles. The number of nitrogens with zero attached hydrogens (tertiary/aromatic N) is 4. The highest BCUT2D eigenvalue weighted by Gasteiger charge is 2.18. The quantitative estimate of drug-likeness (QED) is 0.406. The fourth-order valence-corrected chi connectivity index (χ4v) is 2.89. The van der Waals surface area contributed by atoms with Crippen LogP contribution in [0.15, 0.2) is 47.0 Å². The summed E-state index contributed by atoms with van der Waals surface area (Å²) in [5.41, 5.74) is 1.10. The second kappa shape index (κ2) is 6.60.